The second-order valence-corrected chi connectivity index (χ2v) is 5.66. The van der Waals surface area contributed by atoms with Gasteiger partial charge < -0.3 is 0 Å². The number of rotatable bonds is 10. The molecule has 0 amide bonds. The van der Waals surface area contributed by atoms with Crippen molar-refractivity contribution in [2.75, 3.05) is 19.6 Å². The highest BCUT2D eigenvalue weighted by Gasteiger charge is 2.08. The minimum atomic E-state index is 0.738. The molecule has 0 fully saturated rings. The van der Waals surface area contributed by atoms with Crippen molar-refractivity contribution < 1.29 is 0 Å². The van der Waals surface area contributed by atoms with Crippen LogP contribution in [0.25, 0.3) is 0 Å². The summed E-state index contributed by atoms with van der Waals surface area (Å²) in [6.07, 6.45) is 5.36. The minimum absolute atomic E-state index is 0.738. The van der Waals surface area contributed by atoms with Crippen molar-refractivity contribution in [3.63, 3.8) is 0 Å². The molecule has 0 atom stereocenters. The number of nitrogens with one attached hydrogen (secondary N) is 1. The fourth-order valence-corrected chi connectivity index (χ4v) is 1.87. The number of hydrogen-bond acceptors (Lipinski definition) is 2. The van der Waals surface area contributed by atoms with E-state index in [9.17, 15) is 0 Å². The van der Waals surface area contributed by atoms with E-state index < -0.39 is 0 Å². The van der Waals surface area contributed by atoms with Gasteiger partial charge in [0.1, 0.15) is 0 Å². The summed E-state index contributed by atoms with van der Waals surface area (Å²) in [7, 11) is 0. The van der Waals surface area contributed by atoms with Crippen LogP contribution in [0.5, 0.6) is 0 Å². The Labute approximate surface area is 103 Å². The molecule has 0 unspecified atom stereocenters. The van der Waals surface area contributed by atoms with E-state index in [0.717, 1.165) is 31.5 Å². The standard InChI is InChI=1S/C14H32N2/c1-6-7-8-9-10-15-16(11-13(2)3)12-14(4)5/h13-15H,6-12H2,1-5H3. The smallest absolute Gasteiger partial charge is 0.0154 e. The topological polar surface area (TPSA) is 15.3 Å². The summed E-state index contributed by atoms with van der Waals surface area (Å²) in [6, 6.07) is 0. The van der Waals surface area contributed by atoms with Crippen LogP contribution in [0.2, 0.25) is 0 Å². The molecule has 2 nitrogen and oxygen atoms in total. The molecule has 0 saturated heterocycles. The average molecular weight is 228 g/mol. The predicted octanol–water partition coefficient (Wildman–Crippen LogP) is 3.69. The van der Waals surface area contributed by atoms with Gasteiger partial charge in [-0.1, -0.05) is 53.9 Å². The van der Waals surface area contributed by atoms with Crippen molar-refractivity contribution in [3.05, 3.63) is 0 Å². The Morgan fingerprint density at radius 1 is 0.875 bits per heavy atom. The Balaban J connectivity index is 3.65. The first-order chi connectivity index (χ1) is 7.56. The first-order valence-corrected chi connectivity index (χ1v) is 7.04. The molecule has 0 rings (SSSR count). The maximum atomic E-state index is 3.57. The summed E-state index contributed by atoms with van der Waals surface area (Å²) in [5.41, 5.74) is 3.57. The third-order valence-electron chi connectivity index (χ3n) is 2.54. The van der Waals surface area contributed by atoms with E-state index in [1.54, 1.807) is 0 Å². The largest absolute Gasteiger partial charge is 0.255 e. The zero-order valence-electron chi connectivity index (χ0n) is 12.1. The SMILES string of the molecule is CCCCCCNN(CC(C)C)CC(C)C. The second-order valence-electron chi connectivity index (χ2n) is 5.66. The Morgan fingerprint density at radius 2 is 1.44 bits per heavy atom. The molecule has 0 aliphatic rings. The van der Waals surface area contributed by atoms with Crippen LogP contribution in [0.4, 0.5) is 0 Å². The summed E-state index contributed by atoms with van der Waals surface area (Å²) in [5.74, 6) is 1.48. The van der Waals surface area contributed by atoms with Gasteiger partial charge in [-0.05, 0) is 18.3 Å². The average Bonchev–Trinajstić information content (AvgIpc) is 2.15. The fraction of sp³-hybridized carbons (Fsp3) is 1.00. The number of nitrogens with zero attached hydrogens (tertiary/aromatic N) is 1. The molecule has 2 heteroatoms. The third-order valence-corrected chi connectivity index (χ3v) is 2.54. The van der Waals surface area contributed by atoms with Crippen molar-refractivity contribution in [2.45, 2.75) is 60.3 Å². The van der Waals surface area contributed by atoms with Gasteiger partial charge in [-0.3, -0.25) is 5.43 Å². The van der Waals surface area contributed by atoms with Crippen LogP contribution in [0, 0.1) is 11.8 Å². The van der Waals surface area contributed by atoms with E-state index in [1.165, 1.54) is 25.7 Å². The zero-order chi connectivity index (χ0) is 12.4. The molecule has 1 N–H and O–H groups in total. The molecule has 0 heterocycles. The summed E-state index contributed by atoms with van der Waals surface area (Å²) < 4.78 is 0. The molecule has 0 saturated carbocycles. The highest BCUT2D eigenvalue weighted by molar-refractivity contribution is 4.58. The van der Waals surface area contributed by atoms with Gasteiger partial charge >= 0.3 is 0 Å². The van der Waals surface area contributed by atoms with Crippen LogP contribution in [0.1, 0.15) is 60.3 Å². The van der Waals surface area contributed by atoms with E-state index in [4.69, 9.17) is 0 Å². The normalized spacial score (nSPS) is 12.0. The van der Waals surface area contributed by atoms with Crippen LogP contribution in [0.3, 0.4) is 0 Å². The van der Waals surface area contributed by atoms with Gasteiger partial charge in [-0.15, -0.1) is 0 Å². The molecular weight excluding hydrogens is 196 g/mol. The van der Waals surface area contributed by atoms with Crippen LogP contribution in [0.15, 0.2) is 0 Å². The van der Waals surface area contributed by atoms with E-state index in [-0.39, 0.29) is 0 Å². The molecule has 0 aromatic heterocycles. The van der Waals surface area contributed by atoms with E-state index in [2.05, 4.69) is 45.1 Å². The summed E-state index contributed by atoms with van der Waals surface area (Å²) in [4.78, 5) is 0. The Bertz CT molecular complexity index is 134. The maximum absolute atomic E-state index is 3.57. The van der Waals surface area contributed by atoms with Gasteiger partial charge in [0, 0.05) is 19.6 Å². The lowest BCUT2D eigenvalue weighted by Gasteiger charge is -2.26. The number of hydrazine groups is 1. The zero-order valence-corrected chi connectivity index (χ0v) is 12.1. The van der Waals surface area contributed by atoms with Crippen molar-refractivity contribution in [3.8, 4) is 0 Å². The van der Waals surface area contributed by atoms with Gasteiger partial charge in [0.15, 0.2) is 0 Å². The first-order valence-electron chi connectivity index (χ1n) is 7.04. The van der Waals surface area contributed by atoms with Crippen molar-refractivity contribution in [2.24, 2.45) is 11.8 Å². The van der Waals surface area contributed by atoms with Gasteiger partial charge in [0.25, 0.3) is 0 Å². The Kier molecular flexibility index (Phi) is 10.0. The van der Waals surface area contributed by atoms with Crippen LogP contribution < -0.4 is 5.43 Å². The van der Waals surface area contributed by atoms with Crippen molar-refractivity contribution >= 4 is 0 Å². The van der Waals surface area contributed by atoms with Crippen molar-refractivity contribution in [1.82, 2.24) is 10.4 Å². The van der Waals surface area contributed by atoms with E-state index >= 15 is 0 Å². The summed E-state index contributed by atoms with van der Waals surface area (Å²) in [6.45, 7) is 14.9. The van der Waals surface area contributed by atoms with Gasteiger partial charge in [-0.25, -0.2) is 5.01 Å². The Morgan fingerprint density at radius 3 is 1.88 bits per heavy atom. The van der Waals surface area contributed by atoms with E-state index in [1.807, 2.05) is 0 Å². The van der Waals surface area contributed by atoms with Crippen LogP contribution in [-0.4, -0.2) is 24.6 Å². The van der Waals surface area contributed by atoms with E-state index in [0.29, 0.717) is 0 Å². The highest BCUT2D eigenvalue weighted by Crippen LogP contribution is 2.02. The third kappa shape index (κ3) is 10.4. The minimum Gasteiger partial charge on any atom is -0.255 e. The van der Waals surface area contributed by atoms with Gasteiger partial charge in [0.05, 0.1) is 0 Å². The molecule has 0 radical (unpaired) electrons. The highest BCUT2D eigenvalue weighted by atomic mass is 15.5. The fourth-order valence-electron chi connectivity index (χ4n) is 1.87. The summed E-state index contributed by atoms with van der Waals surface area (Å²) >= 11 is 0. The predicted molar refractivity (Wildman–Crippen MR) is 73.4 cm³/mol. The van der Waals surface area contributed by atoms with Crippen LogP contribution >= 0.6 is 0 Å². The monoisotopic (exact) mass is 228 g/mol. The van der Waals surface area contributed by atoms with Gasteiger partial charge in [-0.2, -0.15) is 0 Å². The molecule has 0 aliphatic carbocycles. The molecule has 98 valence electrons. The lowest BCUT2D eigenvalue weighted by molar-refractivity contribution is 0.146. The number of hydrogen-bond donors (Lipinski definition) is 1. The number of unbranched alkanes of at least 4 members (excludes halogenated alkanes) is 3. The summed E-state index contributed by atoms with van der Waals surface area (Å²) in [5, 5.41) is 2.40. The molecule has 16 heavy (non-hydrogen) atoms. The second kappa shape index (κ2) is 10.1. The van der Waals surface area contributed by atoms with Crippen LogP contribution in [-0.2, 0) is 0 Å². The molecule has 0 aromatic rings. The molecule has 0 aromatic carbocycles. The molecule has 0 aliphatic heterocycles. The maximum Gasteiger partial charge on any atom is 0.0154 e. The molecule has 0 spiro atoms. The lowest BCUT2D eigenvalue weighted by atomic mass is 10.2. The molecule has 0 bridgehead atoms. The lowest BCUT2D eigenvalue weighted by Crippen LogP contribution is -2.43. The first kappa shape index (κ1) is 15.9. The quantitative estimate of drug-likeness (QED) is 0.453. The van der Waals surface area contributed by atoms with Crippen molar-refractivity contribution in [1.29, 1.82) is 0 Å². The van der Waals surface area contributed by atoms with Gasteiger partial charge in [0.2, 0.25) is 0 Å². The molecular formula is C14H32N2. The Hall–Kier alpha value is -0.0800.